The Balaban J connectivity index is 2.86. The van der Waals surface area contributed by atoms with E-state index in [0.717, 1.165) is 13.2 Å². The fourth-order valence-electron chi connectivity index (χ4n) is 1.01. The largest absolute Gasteiger partial charge is 0.463 e. The van der Waals surface area contributed by atoms with Crippen LogP contribution in [0.4, 0.5) is 0 Å². The molecule has 78 valence electrons. The molecule has 0 saturated heterocycles. The third kappa shape index (κ3) is 2.95. The van der Waals surface area contributed by atoms with Gasteiger partial charge in [0.2, 0.25) is 0 Å². The van der Waals surface area contributed by atoms with Crippen LogP contribution in [-0.2, 0) is 14.3 Å². The lowest BCUT2D eigenvalue weighted by atomic mass is 10.1. The van der Waals surface area contributed by atoms with E-state index in [4.69, 9.17) is 5.73 Å². The van der Waals surface area contributed by atoms with Crippen LogP contribution in [0.15, 0.2) is 36.4 Å². The number of ether oxygens (including phenoxy) is 1. The number of hydrogen-bond donors (Lipinski definition) is 1. The van der Waals surface area contributed by atoms with Gasteiger partial charge < -0.3 is 10.5 Å². The number of hydrogen-bond acceptors (Lipinski definition) is 4. The van der Waals surface area contributed by atoms with Crippen LogP contribution in [-0.4, -0.2) is 18.9 Å². The fourth-order valence-corrected chi connectivity index (χ4v) is 1.01. The molecule has 0 bridgehead atoms. The van der Waals surface area contributed by atoms with Gasteiger partial charge >= 0.3 is 5.97 Å². The van der Waals surface area contributed by atoms with Gasteiger partial charge in [-0.05, 0) is 5.56 Å². The van der Waals surface area contributed by atoms with Crippen LogP contribution >= 0.6 is 0 Å². The first-order chi connectivity index (χ1) is 7.15. The highest BCUT2D eigenvalue weighted by molar-refractivity contribution is 6.39. The predicted octanol–water partition coefficient (Wildman–Crippen LogP) is 0.728. The number of nitrogens with two attached hydrogens (primary N) is 1. The highest BCUT2D eigenvalue weighted by Crippen LogP contribution is 2.07. The number of ketones is 1. The van der Waals surface area contributed by atoms with Gasteiger partial charge in [-0.1, -0.05) is 30.3 Å². The van der Waals surface area contributed by atoms with E-state index in [1.54, 1.807) is 24.3 Å². The van der Waals surface area contributed by atoms with Crippen molar-refractivity contribution in [2.45, 2.75) is 0 Å². The van der Waals surface area contributed by atoms with Crippen LogP contribution < -0.4 is 5.73 Å². The Morgan fingerprint density at radius 1 is 1.27 bits per heavy atom. The van der Waals surface area contributed by atoms with E-state index in [1.165, 1.54) is 0 Å². The maximum absolute atomic E-state index is 11.1. The van der Waals surface area contributed by atoms with Crippen LogP contribution in [0.25, 0.3) is 5.70 Å². The lowest BCUT2D eigenvalue weighted by Gasteiger charge is -1.99. The molecule has 0 aliphatic rings. The molecular formula is C11H11NO3. The third-order valence-electron chi connectivity index (χ3n) is 1.78. The van der Waals surface area contributed by atoms with Crippen LogP contribution in [0.5, 0.6) is 0 Å². The van der Waals surface area contributed by atoms with Gasteiger partial charge in [-0.2, -0.15) is 0 Å². The van der Waals surface area contributed by atoms with Crippen molar-refractivity contribution < 1.29 is 14.3 Å². The summed E-state index contributed by atoms with van der Waals surface area (Å²) in [6, 6.07) is 8.91. The normalized spacial score (nSPS) is 10.9. The summed E-state index contributed by atoms with van der Waals surface area (Å²) in [6.45, 7) is 0. The molecule has 4 heteroatoms. The molecular weight excluding hydrogens is 194 g/mol. The first-order valence-corrected chi connectivity index (χ1v) is 4.30. The molecule has 4 nitrogen and oxygen atoms in total. The van der Waals surface area contributed by atoms with Crippen molar-refractivity contribution in [2.75, 3.05) is 7.11 Å². The van der Waals surface area contributed by atoms with Crippen molar-refractivity contribution in [2.24, 2.45) is 5.73 Å². The van der Waals surface area contributed by atoms with E-state index >= 15 is 0 Å². The van der Waals surface area contributed by atoms with Gasteiger partial charge in [0.1, 0.15) is 0 Å². The molecule has 0 aliphatic carbocycles. The molecule has 0 radical (unpaired) electrons. The van der Waals surface area contributed by atoms with E-state index in [9.17, 15) is 9.59 Å². The Kier molecular flexibility index (Phi) is 3.62. The van der Waals surface area contributed by atoms with Gasteiger partial charge in [0, 0.05) is 11.8 Å². The molecule has 0 fully saturated rings. The second-order valence-electron chi connectivity index (χ2n) is 2.82. The Labute approximate surface area is 87.3 Å². The Morgan fingerprint density at radius 2 is 1.87 bits per heavy atom. The Hall–Kier alpha value is -2.10. The minimum absolute atomic E-state index is 0.242. The molecule has 0 aliphatic heterocycles. The van der Waals surface area contributed by atoms with Gasteiger partial charge in [0.25, 0.3) is 5.78 Å². The lowest BCUT2D eigenvalue weighted by Crippen LogP contribution is -2.14. The zero-order valence-electron chi connectivity index (χ0n) is 8.27. The molecule has 0 heterocycles. The molecule has 1 aromatic rings. The van der Waals surface area contributed by atoms with Crippen molar-refractivity contribution in [1.82, 2.24) is 0 Å². The summed E-state index contributed by atoms with van der Waals surface area (Å²) in [7, 11) is 1.15. The van der Waals surface area contributed by atoms with E-state index in [2.05, 4.69) is 4.74 Å². The molecule has 2 N–H and O–H groups in total. The Morgan fingerprint density at radius 3 is 2.40 bits per heavy atom. The SMILES string of the molecule is COC(=O)C(=O)/C=C(\N)c1ccccc1. The van der Waals surface area contributed by atoms with Crippen LogP contribution in [0.1, 0.15) is 5.56 Å². The van der Waals surface area contributed by atoms with Gasteiger partial charge in [-0.15, -0.1) is 0 Å². The van der Waals surface area contributed by atoms with Gasteiger partial charge in [-0.3, -0.25) is 4.79 Å². The predicted molar refractivity (Wildman–Crippen MR) is 55.6 cm³/mol. The molecule has 0 unspecified atom stereocenters. The molecule has 0 atom stereocenters. The number of benzene rings is 1. The van der Waals surface area contributed by atoms with Crippen LogP contribution in [0.3, 0.4) is 0 Å². The number of rotatable bonds is 3. The highest BCUT2D eigenvalue weighted by Gasteiger charge is 2.11. The first-order valence-electron chi connectivity index (χ1n) is 4.30. The van der Waals surface area contributed by atoms with Gasteiger partial charge in [0.05, 0.1) is 7.11 Å². The fraction of sp³-hybridized carbons (Fsp3) is 0.0909. The second kappa shape index (κ2) is 4.95. The van der Waals surface area contributed by atoms with E-state index in [1.807, 2.05) is 6.07 Å². The van der Waals surface area contributed by atoms with Crippen molar-refractivity contribution in [1.29, 1.82) is 0 Å². The van der Waals surface area contributed by atoms with Crippen molar-refractivity contribution >= 4 is 17.4 Å². The number of esters is 1. The summed E-state index contributed by atoms with van der Waals surface area (Å²) in [5.41, 5.74) is 6.55. The van der Waals surface area contributed by atoms with Gasteiger partial charge in [0.15, 0.2) is 0 Å². The number of carbonyl (C=O) groups is 2. The number of methoxy groups -OCH3 is 1. The molecule has 1 rings (SSSR count). The molecule has 1 aromatic carbocycles. The quantitative estimate of drug-likeness (QED) is 0.448. The van der Waals surface area contributed by atoms with Crippen molar-refractivity contribution in [3.8, 4) is 0 Å². The summed E-state index contributed by atoms with van der Waals surface area (Å²) in [4.78, 5) is 21.9. The first kappa shape index (κ1) is 11.0. The zero-order valence-corrected chi connectivity index (χ0v) is 8.27. The molecule has 0 aromatic heterocycles. The second-order valence-corrected chi connectivity index (χ2v) is 2.82. The van der Waals surface area contributed by atoms with Crippen LogP contribution in [0, 0.1) is 0 Å². The summed E-state index contributed by atoms with van der Waals surface area (Å²) in [5.74, 6) is -1.69. The summed E-state index contributed by atoms with van der Waals surface area (Å²) in [6.07, 6.45) is 1.06. The van der Waals surface area contributed by atoms with Gasteiger partial charge in [-0.25, -0.2) is 4.79 Å². The average Bonchev–Trinajstić information content (AvgIpc) is 2.29. The maximum Gasteiger partial charge on any atom is 0.378 e. The number of carbonyl (C=O) groups excluding carboxylic acids is 2. The summed E-state index contributed by atoms with van der Waals surface area (Å²) < 4.78 is 4.26. The minimum atomic E-state index is -0.922. The molecule has 0 amide bonds. The van der Waals surface area contributed by atoms with E-state index in [-0.39, 0.29) is 5.70 Å². The lowest BCUT2D eigenvalue weighted by molar-refractivity contribution is -0.149. The van der Waals surface area contributed by atoms with Crippen molar-refractivity contribution in [3.05, 3.63) is 42.0 Å². The van der Waals surface area contributed by atoms with Crippen LogP contribution in [0.2, 0.25) is 0 Å². The smallest absolute Gasteiger partial charge is 0.378 e. The highest BCUT2D eigenvalue weighted by atomic mass is 16.5. The molecule has 0 spiro atoms. The Bertz CT molecular complexity index is 396. The molecule has 15 heavy (non-hydrogen) atoms. The standard InChI is InChI=1S/C11H11NO3/c1-15-11(14)10(13)7-9(12)8-5-3-2-4-6-8/h2-7H,12H2,1H3/b9-7-. The van der Waals surface area contributed by atoms with Crippen molar-refractivity contribution in [3.63, 3.8) is 0 Å². The maximum atomic E-state index is 11.1. The molecule has 0 saturated carbocycles. The minimum Gasteiger partial charge on any atom is -0.463 e. The summed E-state index contributed by atoms with van der Waals surface area (Å²) in [5, 5.41) is 0. The van der Waals surface area contributed by atoms with E-state index in [0.29, 0.717) is 5.56 Å². The topological polar surface area (TPSA) is 69.4 Å². The van der Waals surface area contributed by atoms with E-state index < -0.39 is 11.8 Å². The monoisotopic (exact) mass is 205 g/mol. The third-order valence-corrected chi connectivity index (χ3v) is 1.78. The summed E-state index contributed by atoms with van der Waals surface area (Å²) >= 11 is 0. The average molecular weight is 205 g/mol. The zero-order chi connectivity index (χ0) is 11.3.